The number of amides is 2. The maximum absolute atomic E-state index is 12.0. The Hall–Kier alpha value is -1.14. The molecule has 0 spiro atoms. The summed E-state index contributed by atoms with van der Waals surface area (Å²) in [6.45, 7) is 8.39. The third kappa shape index (κ3) is 4.97. The van der Waals surface area contributed by atoms with Gasteiger partial charge in [-0.3, -0.25) is 14.5 Å². The summed E-state index contributed by atoms with van der Waals surface area (Å²) in [4.78, 5) is 28.1. The minimum atomic E-state index is -0.168. The number of unbranched alkanes of at least 4 members (excludes halogenated alkanes) is 1. The fourth-order valence-electron chi connectivity index (χ4n) is 2.78. The maximum Gasteiger partial charge on any atom is 0.225 e. The molecule has 2 rings (SSSR count). The number of carbonyl (C=O) groups is 2. The predicted octanol–water partition coefficient (Wildman–Crippen LogP) is 0.0834. The molecule has 0 aromatic rings. The zero-order valence-electron chi connectivity index (χ0n) is 13.0. The van der Waals surface area contributed by atoms with Crippen molar-refractivity contribution in [3.8, 4) is 0 Å². The Morgan fingerprint density at radius 1 is 1.33 bits per heavy atom. The van der Waals surface area contributed by atoms with Crippen LogP contribution >= 0.6 is 0 Å². The van der Waals surface area contributed by atoms with Gasteiger partial charge in [0.1, 0.15) is 0 Å². The average Bonchev–Trinajstić information content (AvgIpc) is 2.88. The number of hydrogen-bond donors (Lipinski definition) is 1. The van der Waals surface area contributed by atoms with E-state index in [1.54, 1.807) is 0 Å². The summed E-state index contributed by atoms with van der Waals surface area (Å²) in [6.07, 6.45) is 2.42. The summed E-state index contributed by atoms with van der Waals surface area (Å²) < 4.78 is 5.31. The number of carbonyl (C=O) groups excluding carboxylic acids is 2. The minimum Gasteiger partial charge on any atom is -0.379 e. The van der Waals surface area contributed by atoms with E-state index in [9.17, 15) is 9.59 Å². The highest BCUT2D eigenvalue weighted by molar-refractivity contribution is 5.89. The van der Waals surface area contributed by atoms with Crippen LogP contribution in [0.1, 0.15) is 26.2 Å². The van der Waals surface area contributed by atoms with E-state index >= 15 is 0 Å². The standard InChI is InChI=1S/C15H27N3O3/c1-2-3-4-16-15(20)13-11-14(19)18(12-13)6-5-17-7-9-21-10-8-17/h13H,2-12H2,1H3,(H,16,20). The Labute approximate surface area is 126 Å². The van der Waals surface area contributed by atoms with Gasteiger partial charge in [0.05, 0.1) is 19.1 Å². The second-order valence-electron chi connectivity index (χ2n) is 5.84. The van der Waals surface area contributed by atoms with Crippen molar-refractivity contribution in [2.75, 3.05) is 52.5 Å². The predicted molar refractivity (Wildman–Crippen MR) is 79.9 cm³/mol. The number of nitrogens with zero attached hydrogens (tertiary/aromatic N) is 2. The third-order valence-corrected chi connectivity index (χ3v) is 4.20. The molecular weight excluding hydrogens is 270 g/mol. The Morgan fingerprint density at radius 2 is 2.10 bits per heavy atom. The topological polar surface area (TPSA) is 61.9 Å². The van der Waals surface area contributed by atoms with Crippen LogP contribution in [0, 0.1) is 5.92 Å². The van der Waals surface area contributed by atoms with Crippen molar-refractivity contribution in [2.45, 2.75) is 26.2 Å². The summed E-state index contributed by atoms with van der Waals surface area (Å²) in [5.41, 5.74) is 0. The zero-order valence-corrected chi connectivity index (χ0v) is 13.0. The molecule has 0 aromatic heterocycles. The van der Waals surface area contributed by atoms with Crippen LogP contribution < -0.4 is 5.32 Å². The van der Waals surface area contributed by atoms with Gasteiger partial charge in [-0.1, -0.05) is 13.3 Å². The molecule has 2 amide bonds. The Balaban J connectivity index is 1.70. The molecule has 0 aromatic carbocycles. The van der Waals surface area contributed by atoms with E-state index in [0.29, 0.717) is 19.5 Å². The van der Waals surface area contributed by atoms with E-state index in [-0.39, 0.29) is 17.7 Å². The molecular formula is C15H27N3O3. The normalized spacial score (nSPS) is 23.6. The summed E-state index contributed by atoms with van der Waals surface area (Å²) >= 11 is 0. The molecule has 2 fully saturated rings. The van der Waals surface area contributed by atoms with Crippen LogP contribution in [0.15, 0.2) is 0 Å². The number of nitrogens with one attached hydrogen (secondary N) is 1. The number of rotatable bonds is 7. The first kappa shape index (κ1) is 16.2. The molecule has 0 bridgehead atoms. The molecule has 0 saturated carbocycles. The molecule has 6 nitrogen and oxygen atoms in total. The van der Waals surface area contributed by atoms with Crippen molar-refractivity contribution < 1.29 is 14.3 Å². The molecule has 21 heavy (non-hydrogen) atoms. The number of ether oxygens (including phenoxy) is 1. The quantitative estimate of drug-likeness (QED) is 0.676. The molecule has 2 aliphatic heterocycles. The highest BCUT2D eigenvalue weighted by atomic mass is 16.5. The van der Waals surface area contributed by atoms with Crippen LogP contribution in [0.2, 0.25) is 0 Å². The summed E-state index contributed by atoms with van der Waals surface area (Å²) in [5.74, 6) is -0.0244. The van der Waals surface area contributed by atoms with Crippen molar-refractivity contribution >= 4 is 11.8 Å². The lowest BCUT2D eigenvalue weighted by Crippen LogP contribution is -2.42. The van der Waals surface area contributed by atoms with Crippen molar-refractivity contribution in [3.63, 3.8) is 0 Å². The second-order valence-corrected chi connectivity index (χ2v) is 5.84. The SMILES string of the molecule is CCCCNC(=O)C1CC(=O)N(CCN2CCOCC2)C1. The first-order valence-corrected chi connectivity index (χ1v) is 8.06. The van der Waals surface area contributed by atoms with Crippen molar-refractivity contribution in [1.82, 2.24) is 15.1 Å². The van der Waals surface area contributed by atoms with Crippen LogP contribution in [-0.4, -0.2) is 74.1 Å². The van der Waals surface area contributed by atoms with Crippen LogP contribution in [-0.2, 0) is 14.3 Å². The van der Waals surface area contributed by atoms with Gasteiger partial charge in [-0.15, -0.1) is 0 Å². The Kier molecular flexibility index (Phi) is 6.45. The maximum atomic E-state index is 12.0. The van der Waals surface area contributed by atoms with Gasteiger partial charge in [0, 0.05) is 45.7 Å². The van der Waals surface area contributed by atoms with E-state index in [1.807, 2.05) is 4.90 Å². The van der Waals surface area contributed by atoms with Gasteiger partial charge < -0.3 is 15.0 Å². The lowest BCUT2D eigenvalue weighted by molar-refractivity contribution is -0.129. The van der Waals surface area contributed by atoms with Gasteiger partial charge in [-0.05, 0) is 6.42 Å². The van der Waals surface area contributed by atoms with Crippen LogP contribution in [0.5, 0.6) is 0 Å². The lowest BCUT2D eigenvalue weighted by atomic mass is 10.1. The highest BCUT2D eigenvalue weighted by Crippen LogP contribution is 2.17. The van der Waals surface area contributed by atoms with Crippen LogP contribution in [0.3, 0.4) is 0 Å². The molecule has 2 heterocycles. The highest BCUT2D eigenvalue weighted by Gasteiger charge is 2.34. The molecule has 120 valence electrons. The van der Waals surface area contributed by atoms with Crippen molar-refractivity contribution in [3.05, 3.63) is 0 Å². The van der Waals surface area contributed by atoms with E-state index in [2.05, 4.69) is 17.1 Å². The molecule has 0 aliphatic carbocycles. The van der Waals surface area contributed by atoms with Gasteiger partial charge in [0.25, 0.3) is 0 Å². The number of hydrogen-bond acceptors (Lipinski definition) is 4. The second kappa shape index (κ2) is 8.34. The minimum absolute atomic E-state index is 0.0330. The largest absolute Gasteiger partial charge is 0.379 e. The number of morpholine rings is 1. The fourth-order valence-corrected chi connectivity index (χ4v) is 2.78. The molecule has 1 N–H and O–H groups in total. The molecule has 6 heteroatoms. The Bertz CT molecular complexity index is 356. The molecule has 2 saturated heterocycles. The smallest absolute Gasteiger partial charge is 0.225 e. The zero-order chi connectivity index (χ0) is 15.1. The average molecular weight is 297 g/mol. The van der Waals surface area contributed by atoms with Gasteiger partial charge in [-0.2, -0.15) is 0 Å². The van der Waals surface area contributed by atoms with Gasteiger partial charge in [-0.25, -0.2) is 0 Å². The fraction of sp³-hybridized carbons (Fsp3) is 0.867. The first-order valence-electron chi connectivity index (χ1n) is 8.06. The monoisotopic (exact) mass is 297 g/mol. The van der Waals surface area contributed by atoms with E-state index in [1.165, 1.54) is 0 Å². The van der Waals surface area contributed by atoms with Crippen LogP contribution in [0.25, 0.3) is 0 Å². The third-order valence-electron chi connectivity index (χ3n) is 4.20. The van der Waals surface area contributed by atoms with E-state index in [0.717, 1.165) is 52.2 Å². The molecule has 1 atom stereocenters. The molecule has 2 aliphatic rings. The summed E-state index contributed by atoms with van der Waals surface area (Å²) in [5, 5.41) is 2.93. The van der Waals surface area contributed by atoms with Gasteiger partial charge in [0.2, 0.25) is 11.8 Å². The summed E-state index contributed by atoms with van der Waals surface area (Å²) in [7, 11) is 0. The van der Waals surface area contributed by atoms with E-state index < -0.39 is 0 Å². The summed E-state index contributed by atoms with van der Waals surface area (Å²) in [6, 6.07) is 0. The van der Waals surface area contributed by atoms with E-state index in [4.69, 9.17) is 4.74 Å². The van der Waals surface area contributed by atoms with Gasteiger partial charge >= 0.3 is 0 Å². The first-order chi connectivity index (χ1) is 10.2. The van der Waals surface area contributed by atoms with Crippen LogP contribution in [0.4, 0.5) is 0 Å². The Morgan fingerprint density at radius 3 is 2.81 bits per heavy atom. The van der Waals surface area contributed by atoms with Crippen molar-refractivity contribution in [2.24, 2.45) is 5.92 Å². The molecule has 0 radical (unpaired) electrons. The lowest BCUT2D eigenvalue weighted by Gasteiger charge is -2.28. The van der Waals surface area contributed by atoms with Gasteiger partial charge in [0.15, 0.2) is 0 Å². The number of likely N-dealkylation sites (tertiary alicyclic amines) is 1. The molecule has 1 unspecified atom stereocenters. The van der Waals surface area contributed by atoms with Crippen molar-refractivity contribution in [1.29, 1.82) is 0 Å².